The maximum Gasteiger partial charge on any atom is 0.162 e. The largest absolute Gasteiger partial charge is 0.493 e. The van der Waals surface area contributed by atoms with Crippen LogP contribution in [-0.2, 0) is 0 Å². The predicted octanol–water partition coefficient (Wildman–Crippen LogP) is 4.24. The van der Waals surface area contributed by atoms with E-state index in [2.05, 4.69) is 20.2 Å². The highest BCUT2D eigenvalue weighted by Crippen LogP contribution is 2.36. The van der Waals surface area contributed by atoms with Crippen molar-refractivity contribution in [3.8, 4) is 11.5 Å². The molecule has 1 aliphatic rings. The zero-order valence-corrected chi connectivity index (χ0v) is 17.4. The van der Waals surface area contributed by atoms with Crippen LogP contribution in [0.1, 0.15) is 11.6 Å². The van der Waals surface area contributed by atoms with E-state index in [1.807, 2.05) is 12.1 Å². The van der Waals surface area contributed by atoms with Crippen molar-refractivity contribution in [1.29, 1.82) is 0 Å². The first-order valence-electron chi connectivity index (χ1n) is 9.01. The summed E-state index contributed by atoms with van der Waals surface area (Å²) >= 11 is 12.2. The number of benzene rings is 2. The van der Waals surface area contributed by atoms with Gasteiger partial charge in [0, 0.05) is 36.1 Å². The molecule has 1 saturated heterocycles. The molecule has 1 unspecified atom stereocenters. The summed E-state index contributed by atoms with van der Waals surface area (Å²) in [6.45, 7) is 1.97. The Kier molecular flexibility index (Phi) is 5.63. The highest BCUT2D eigenvalue weighted by atomic mass is 35.5. The third-order valence-electron chi connectivity index (χ3n) is 5.01. The number of ether oxygens (including phenoxy) is 2. The van der Waals surface area contributed by atoms with Crippen LogP contribution in [0.25, 0.3) is 10.9 Å². The van der Waals surface area contributed by atoms with Crippen LogP contribution < -0.4 is 19.7 Å². The molecule has 9 heteroatoms. The fourth-order valence-electron chi connectivity index (χ4n) is 3.58. The molecule has 0 saturated carbocycles. The van der Waals surface area contributed by atoms with Gasteiger partial charge in [0.05, 0.1) is 30.8 Å². The zero-order valence-electron chi connectivity index (χ0n) is 15.9. The van der Waals surface area contributed by atoms with Gasteiger partial charge in [-0.05, 0) is 23.8 Å². The van der Waals surface area contributed by atoms with Gasteiger partial charge < -0.3 is 19.7 Å². The number of hydrogen-bond acceptors (Lipinski definition) is 6. The summed E-state index contributed by atoms with van der Waals surface area (Å²) in [5.41, 5.74) is 1.41. The second kappa shape index (κ2) is 8.18. The van der Waals surface area contributed by atoms with Crippen LogP contribution in [0.2, 0.25) is 10.0 Å². The SMILES string of the molecule is COc1cc2ncnc(N3CCNC(c4cc(F)c(Cl)cc4Cl)C3)c2cc1OC. The molecule has 1 fully saturated rings. The summed E-state index contributed by atoms with van der Waals surface area (Å²) in [6.07, 6.45) is 1.52. The second-order valence-electron chi connectivity index (χ2n) is 6.66. The number of halogens is 3. The van der Waals surface area contributed by atoms with Crippen molar-refractivity contribution in [1.82, 2.24) is 15.3 Å². The van der Waals surface area contributed by atoms with E-state index in [9.17, 15) is 4.39 Å². The molecule has 4 rings (SSSR count). The predicted molar refractivity (Wildman–Crippen MR) is 112 cm³/mol. The zero-order chi connectivity index (χ0) is 20.5. The van der Waals surface area contributed by atoms with E-state index in [0.29, 0.717) is 35.2 Å². The molecule has 0 spiro atoms. The number of anilines is 1. The number of methoxy groups -OCH3 is 2. The van der Waals surface area contributed by atoms with Crippen LogP contribution in [0.15, 0.2) is 30.6 Å². The normalized spacial score (nSPS) is 16.9. The molecule has 1 N–H and O–H groups in total. The van der Waals surface area contributed by atoms with Crippen LogP contribution >= 0.6 is 23.2 Å². The monoisotopic (exact) mass is 436 g/mol. The lowest BCUT2D eigenvalue weighted by molar-refractivity contribution is 0.355. The van der Waals surface area contributed by atoms with Crippen molar-refractivity contribution in [3.63, 3.8) is 0 Å². The van der Waals surface area contributed by atoms with Gasteiger partial charge in [-0.25, -0.2) is 14.4 Å². The van der Waals surface area contributed by atoms with Gasteiger partial charge in [0.15, 0.2) is 11.5 Å². The molecule has 1 aliphatic heterocycles. The van der Waals surface area contributed by atoms with Crippen molar-refractivity contribution in [3.05, 3.63) is 52.0 Å². The number of aromatic nitrogens is 2. The molecule has 6 nitrogen and oxygen atoms in total. The van der Waals surface area contributed by atoms with Crippen LogP contribution in [0, 0.1) is 5.82 Å². The first-order chi connectivity index (χ1) is 14.0. The van der Waals surface area contributed by atoms with Gasteiger partial charge in [-0.1, -0.05) is 23.2 Å². The molecule has 1 aromatic heterocycles. The van der Waals surface area contributed by atoms with Crippen LogP contribution in [0.4, 0.5) is 10.2 Å². The van der Waals surface area contributed by atoms with Gasteiger partial charge in [0.1, 0.15) is 18.0 Å². The van der Waals surface area contributed by atoms with E-state index < -0.39 is 5.82 Å². The molecule has 29 heavy (non-hydrogen) atoms. The number of piperazine rings is 1. The van der Waals surface area contributed by atoms with Crippen molar-refractivity contribution in [2.45, 2.75) is 6.04 Å². The third-order valence-corrected chi connectivity index (χ3v) is 5.63. The topological polar surface area (TPSA) is 59.5 Å². The van der Waals surface area contributed by atoms with Crippen LogP contribution in [0.3, 0.4) is 0 Å². The van der Waals surface area contributed by atoms with Crippen molar-refractivity contribution in [2.24, 2.45) is 0 Å². The smallest absolute Gasteiger partial charge is 0.162 e. The van der Waals surface area contributed by atoms with Gasteiger partial charge >= 0.3 is 0 Å². The molecular weight excluding hydrogens is 418 g/mol. The number of nitrogens with one attached hydrogen (secondary N) is 1. The van der Waals surface area contributed by atoms with Crippen molar-refractivity contribution < 1.29 is 13.9 Å². The van der Waals surface area contributed by atoms with Crippen LogP contribution in [0.5, 0.6) is 11.5 Å². The number of nitrogens with zero attached hydrogens (tertiary/aromatic N) is 3. The summed E-state index contributed by atoms with van der Waals surface area (Å²) in [7, 11) is 3.17. The molecule has 2 heterocycles. The van der Waals surface area contributed by atoms with Gasteiger partial charge in [0.2, 0.25) is 0 Å². The third kappa shape index (κ3) is 3.77. The summed E-state index contributed by atoms with van der Waals surface area (Å²) in [5.74, 6) is 1.49. The Morgan fingerprint density at radius 3 is 2.59 bits per heavy atom. The minimum atomic E-state index is -0.491. The molecular formula is C20H19Cl2FN4O2. The summed E-state index contributed by atoms with van der Waals surface area (Å²) < 4.78 is 24.8. The molecule has 0 bridgehead atoms. The first kappa shape index (κ1) is 19.9. The number of rotatable bonds is 4. The van der Waals surface area contributed by atoms with E-state index in [1.165, 1.54) is 18.5 Å². The summed E-state index contributed by atoms with van der Waals surface area (Å²) in [5, 5.41) is 4.67. The minimum Gasteiger partial charge on any atom is -0.493 e. The Labute approximate surface area is 177 Å². The Morgan fingerprint density at radius 2 is 1.83 bits per heavy atom. The summed E-state index contributed by atoms with van der Waals surface area (Å²) in [6, 6.07) is 6.34. The van der Waals surface area contributed by atoms with E-state index in [-0.39, 0.29) is 11.1 Å². The standard InChI is InChI=1S/C20H19Cl2FN4O2/c1-28-18-6-12-16(8-19(18)29-2)25-10-26-20(12)27-4-3-24-17(9-27)11-5-15(23)14(22)7-13(11)21/h5-8,10,17,24H,3-4,9H2,1-2H3. The average Bonchev–Trinajstić information content (AvgIpc) is 2.74. The van der Waals surface area contributed by atoms with Crippen LogP contribution in [-0.4, -0.2) is 43.8 Å². The Morgan fingerprint density at radius 1 is 1.07 bits per heavy atom. The fourth-order valence-corrected chi connectivity index (χ4v) is 4.09. The van der Waals surface area contributed by atoms with Gasteiger partial charge in [-0.2, -0.15) is 0 Å². The first-order valence-corrected chi connectivity index (χ1v) is 9.77. The Hall–Kier alpha value is -2.35. The van der Waals surface area contributed by atoms with E-state index in [4.69, 9.17) is 32.7 Å². The average molecular weight is 437 g/mol. The number of fused-ring (bicyclic) bond motifs is 1. The highest BCUT2D eigenvalue weighted by Gasteiger charge is 2.26. The van der Waals surface area contributed by atoms with Gasteiger partial charge in [-0.3, -0.25) is 0 Å². The molecule has 152 valence electrons. The van der Waals surface area contributed by atoms with E-state index in [0.717, 1.165) is 23.3 Å². The molecule has 0 radical (unpaired) electrons. The molecule has 1 atom stereocenters. The van der Waals surface area contributed by atoms with Gasteiger partial charge in [0.25, 0.3) is 0 Å². The Bertz CT molecular complexity index is 1070. The van der Waals surface area contributed by atoms with Crippen molar-refractivity contribution >= 4 is 39.9 Å². The molecule has 2 aromatic carbocycles. The van der Waals surface area contributed by atoms with Gasteiger partial charge in [-0.15, -0.1) is 0 Å². The lowest BCUT2D eigenvalue weighted by atomic mass is 10.0. The highest BCUT2D eigenvalue weighted by molar-refractivity contribution is 6.35. The number of hydrogen-bond donors (Lipinski definition) is 1. The fraction of sp³-hybridized carbons (Fsp3) is 0.300. The minimum absolute atomic E-state index is 0.00857. The maximum atomic E-state index is 14.0. The van der Waals surface area contributed by atoms with Crippen molar-refractivity contribution in [2.75, 3.05) is 38.8 Å². The molecule has 3 aromatic rings. The quantitative estimate of drug-likeness (QED) is 0.617. The van der Waals surface area contributed by atoms with E-state index in [1.54, 1.807) is 14.2 Å². The van der Waals surface area contributed by atoms with E-state index >= 15 is 0 Å². The lowest BCUT2D eigenvalue weighted by Gasteiger charge is -2.35. The summed E-state index contributed by atoms with van der Waals surface area (Å²) in [4.78, 5) is 11.0. The second-order valence-corrected chi connectivity index (χ2v) is 7.48. The lowest BCUT2D eigenvalue weighted by Crippen LogP contribution is -2.46. The molecule has 0 aliphatic carbocycles. The Balaban J connectivity index is 1.72. The maximum absolute atomic E-state index is 14.0. The molecule has 0 amide bonds.